The summed E-state index contributed by atoms with van der Waals surface area (Å²) in [5, 5.41) is 0. The Morgan fingerprint density at radius 2 is 2.33 bits per heavy atom. The molecule has 2 aliphatic heterocycles. The summed E-state index contributed by atoms with van der Waals surface area (Å²) >= 11 is 0. The third-order valence-electron chi connectivity index (χ3n) is 1.89. The first-order valence-electron chi connectivity index (χ1n) is 4.04. The molecule has 0 amide bonds. The third kappa shape index (κ3) is 1.61. The van der Waals surface area contributed by atoms with Gasteiger partial charge in [0, 0.05) is 12.4 Å². The molecular formula is C9H10N2O. The Morgan fingerprint density at radius 1 is 1.33 bits per heavy atom. The van der Waals surface area contributed by atoms with Crippen molar-refractivity contribution in [2.75, 3.05) is 6.61 Å². The van der Waals surface area contributed by atoms with Crippen LogP contribution in [0.2, 0.25) is 0 Å². The lowest BCUT2D eigenvalue weighted by atomic mass is 10.1. The summed E-state index contributed by atoms with van der Waals surface area (Å²) in [5.74, 6) is 0. The van der Waals surface area contributed by atoms with E-state index in [1.807, 2.05) is 6.08 Å². The Bertz CT molecular complexity index is 233. The van der Waals surface area contributed by atoms with E-state index in [9.17, 15) is 0 Å². The Morgan fingerprint density at radius 3 is 3.00 bits per heavy atom. The van der Waals surface area contributed by atoms with Crippen LogP contribution in [0.4, 0.5) is 0 Å². The van der Waals surface area contributed by atoms with Crippen LogP contribution in [0.5, 0.6) is 0 Å². The summed E-state index contributed by atoms with van der Waals surface area (Å²) in [6.07, 6.45) is 8.50. The zero-order chi connectivity index (χ0) is 8.23. The Hall–Kier alpha value is -0.960. The van der Waals surface area contributed by atoms with Gasteiger partial charge in [0.25, 0.3) is 0 Å². The maximum Gasteiger partial charge on any atom is 0.145 e. The first kappa shape index (κ1) is 7.68. The fourth-order valence-corrected chi connectivity index (χ4v) is 1.26. The van der Waals surface area contributed by atoms with E-state index in [2.05, 4.69) is 22.6 Å². The molecular weight excluding hydrogens is 152 g/mol. The van der Waals surface area contributed by atoms with Crippen LogP contribution < -0.4 is 0 Å². The van der Waals surface area contributed by atoms with Gasteiger partial charge in [0.05, 0.1) is 12.7 Å². The van der Waals surface area contributed by atoms with Gasteiger partial charge in [-0.25, -0.2) is 0 Å². The third-order valence-corrected chi connectivity index (χ3v) is 1.89. The van der Waals surface area contributed by atoms with Gasteiger partial charge in [-0.3, -0.25) is 9.98 Å². The van der Waals surface area contributed by atoms with Gasteiger partial charge in [0.2, 0.25) is 0 Å². The molecule has 0 aromatic heterocycles. The Balaban J connectivity index is 1.95. The van der Waals surface area contributed by atoms with E-state index in [1.165, 1.54) is 0 Å². The Labute approximate surface area is 71.9 Å². The molecule has 2 aliphatic rings. The fraction of sp³-hybridized carbons (Fsp3) is 0.444. The second-order valence-electron chi connectivity index (χ2n) is 2.73. The van der Waals surface area contributed by atoms with Crippen molar-refractivity contribution in [1.29, 1.82) is 0 Å². The maximum atomic E-state index is 5.48. The van der Waals surface area contributed by atoms with Gasteiger partial charge in [-0.15, -0.1) is 0 Å². The van der Waals surface area contributed by atoms with Gasteiger partial charge in [-0.1, -0.05) is 12.2 Å². The summed E-state index contributed by atoms with van der Waals surface area (Å²) in [7, 11) is 0. The molecule has 0 aromatic rings. The molecule has 2 rings (SSSR count). The molecule has 2 atom stereocenters. The van der Waals surface area contributed by atoms with Crippen molar-refractivity contribution in [3.63, 3.8) is 0 Å². The van der Waals surface area contributed by atoms with Crippen molar-refractivity contribution in [2.45, 2.75) is 18.6 Å². The number of aliphatic imine (C=N–C) groups is 2. The predicted molar refractivity (Wildman–Crippen MR) is 47.5 cm³/mol. The van der Waals surface area contributed by atoms with Gasteiger partial charge in [-0.2, -0.15) is 0 Å². The van der Waals surface area contributed by atoms with Crippen molar-refractivity contribution in [2.24, 2.45) is 9.98 Å². The molecule has 0 fully saturated rings. The van der Waals surface area contributed by atoms with Crippen molar-refractivity contribution in [3.05, 3.63) is 18.7 Å². The molecule has 0 aliphatic carbocycles. The monoisotopic (exact) mass is 162 g/mol. The van der Waals surface area contributed by atoms with E-state index >= 15 is 0 Å². The van der Waals surface area contributed by atoms with Crippen molar-refractivity contribution >= 4 is 12.4 Å². The first-order chi connectivity index (χ1) is 5.97. The SMILES string of the molecule is [C]1N=CC=NC1C1CC=CCO1. The van der Waals surface area contributed by atoms with Crippen LogP contribution in [0.3, 0.4) is 0 Å². The minimum Gasteiger partial charge on any atom is -0.372 e. The topological polar surface area (TPSA) is 34.0 Å². The number of ether oxygens (including phenoxy) is 1. The summed E-state index contributed by atoms with van der Waals surface area (Å²) in [5.41, 5.74) is 0. The largest absolute Gasteiger partial charge is 0.372 e. The second-order valence-corrected chi connectivity index (χ2v) is 2.73. The average molecular weight is 162 g/mol. The maximum absolute atomic E-state index is 5.48. The molecule has 3 heteroatoms. The molecule has 62 valence electrons. The predicted octanol–water partition coefficient (Wildman–Crippen LogP) is 0.894. The molecule has 2 heterocycles. The molecule has 0 spiro atoms. The van der Waals surface area contributed by atoms with Crippen LogP contribution in [0.15, 0.2) is 22.1 Å². The van der Waals surface area contributed by atoms with Gasteiger partial charge in [0.1, 0.15) is 12.6 Å². The van der Waals surface area contributed by atoms with Gasteiger partial charge in [-0.05, 0) is 6.42 Å². The summed E-state index contributed by atoms with van der Waals surface area (Å²) in [4.78, 5) is 8.11. The van der Waals surface area contributed by atoms with Crippen LogP contribution in [-0.2, 0) is 4.74 Å². The standard InChI is InChI=1S/C9H10N2O/c1-2-6-12-9(3-1)8-7-10-4-5-11-8/h1-2,4-5,8-9H,3,6H2. The lowest BCUT2D eigenvalue weighted by molar-refractivity contribution is 0.0563. The lowest BCUT2D eigenvalue weighted by Gasteiger charge is -2.24. The normalized spacial score (nSPS) is 34.0. The highest BCUT2D eigenvalue weighted by molar-refractivity contribution is 6.16. The summed E-state index contributed by atoms with van der Waals surface area (Å²) in [6, 6.07) is -0.0139. The average Bonchev–Trinajstić information content (AvgIpc) is 2.21. The number of hydrogen-bond acceptors (Lipinski definition) is 3. The summed E-state index contributed by atoms with van der Waals surface area (Å²) < 4.78 is 5.48. The molecule has 2 unspecified atom stereocenters. The van der Waals surface area contributed by atoms with Crippen molar-refractivity contribution in [1.82, 2.24) is 0 Å². The van der Waals surface area contributed by atoms with E-state index in [0.29, 0.717) is 6.61 Å². The van der Waals surface area contributed by atoms with Crippen LogP contribution in [0.25, 0.3) is 0 Å². The molecule has 12 heavy (non-hydrogen) atoms. The van der Waals surface area contributed by atoms with Crippen LogP contribution in [-0.4, -0.2) is 31.2 Å². The lowest BCUT2D eigenvalue weighted by Crippen LogP contribution is -2.30. The minimum absolute atomic E-state index is 0.0139. The fourth-order valence-electron chi connectivity index (χ4n) is 1.26. The van der Waals surface area contributed by atoms with Gasteiger partial charge >= 0.3 is 0 Å². The van der Waals surface area contributed by atoms with E-state index in [0.717, 1.165) is 6.42 Å². The zero-order valence-corrected chi connectivity index (χ0v) is 6.68. The molecule has 3 nitrogen and oxygen atoms in total. The van der Waals surface area contributed by atoms with Crippen LogP contribution in [0, 0.1) is 6.54 Å². The first-order valence-corrected chi connectivity index (χ1v) is 4.04. The van der Waals surface area contributed by atoms with Crippen LogP contribution >= 0.6 is 0 Å². The second kappa shape index (κ2) is 3.63. The number of nitrogens with zero attached hydrogens (tertiary/aromatic N) is 2. The molecule has 0 aromatic carbocycles. The smallest absolute Gasteiger partial charge is 0.145 e. The number of hydrogen-bond donors (Lipinski definition) is 0. The summed E-state index contributed by atoms with van der Waals surface area (Å²) in [6.45, 7) is 3.58. The minimum atomic E-state index is -0.0139. The van der Waals surface area contributed by atoms with E-state index < -0.39 is 0 Å². The van der Waals surface area contributed by atoms with Gasteiger partial charge < -0.3 is 4.74 Å². The van der Waals surface area contributed by atoms with Gasteiger partial charge in [0.15, 0.2) is 0 Å². The van der Waals surface area contributed by atoms with Crippen molar-refractivity contribution in [3.8, 4) is 0 Å². The highest BCUT2D eigenvalue weighted by Crippen LogP contribution is 2.16. The van der Waals surface area contributed by atoms with E-state index in [-0.39, 0.29) is 12.1 Å². The zero-order valence-electron chi connectivity index (χ0n) is 6.68. The highest BCUT2D eigenvalue weighted by atomic mass is 16.5. The molecule has 0 N–H and O–H groups in total. The Kier molecular flexibility index (Phi) is 2.32. The number of rotatable bonds is 1. The van der Waals surface area contributed by atoms with Crippen LogP contribution in [0.1, 0.15) is 6.42 Å². The van der Waals surface area contributed by atoms with E-state index in [4.69, 9.17) is 4.74 Å². The quantitative estimate of drug-likeness (QED) is 0.527. The molecule has 2 radical (unpaired) electrons. The molecule has 0 saturated heterocycles. The molecule has 0 bridgehead atoms. The molecule has 0 saturated carbocycles. The van der Waals surface area contributed by atoms with Crippen molar-refractivity contribution < 1.29 is 4.74 Å². The van der Waals surface area contributed by atoms with E-state index in [1.54, 1.807) is 12.4 Å². The highest BCUT2D eigenvalue weighted by Gasteiger charge is 2.22.